The third-order valence-corrected chi connectivity index (χ3v) is 5.65. The summed E-state index contributed by atoms with van der Waals surface area (Å²) in [5.41, 5.74) is 3.73. The van der Waals surface area contributed by atoms with Gasteiger partial charge in [-0.05, 0) is 31.2 Å². The van der Waals surface area contributed by atoms with E-state index in [-0.39, 0.29) is 12.4 Å². The molecule has 0 saturated carbocycles. The molecule has 0 aliphatic rings. The van der Waals surface area contributed by atoms with Gasteiger partial charge < -0.3 is 17.1 Å². The lowest BCUT2D eigenvalue weighted by Gasteiger charge is -2.03. The van der Waals surface area contributed by atoms with Crippen LogP contribution in [0.1, 0.15) is 5.56 Å². The highest BCUT2D eigenvalue weighted by Gasteiger charge is 2.18. The zero-order chi connectivity index (χ0) is 13.9. The van der Waals surface area contributed by atoms with Crippen molar-refractivity contribution >= 4 is 20.7 Å². The zero-order valence-corrected chi connectivity index (χ0v) is 14.2. The molecule has 0 fully saturated rings. The monoisotopic (exact) mass is 334 g/mol. The summed E-state index contributed by atoms with van der Waals surface area (Å²) in [7, 11) is 5.32. The summed E-state index contributed by atoms with van der Waals surface area (Å²) in [6.07, 6.45) is 0. The first-order chi connectivity index (χ1) is 9.78. The first-order valence-electron chi connectivity index (χ1n) is 6.41. The van der Waals surface area contributed by atoms with Crippen LogP contribution in [-0.2, 0) is 0 Å². The number of hydrogen-bond donors (Lipinski definition) is 0. The van der Waals surface area contributed by atoms with Gasteiger partial charge in [0.1, 0.15) is 10.6 Å². The molecule has 1 nitrogen and oxygen atoms in total. The molecule has 0 atom stereocenters. The van der Waals surface area contributed by atoms with Crippen molar-refractivity contribution in [2.24, 2.45) is 0 Å². The lowest BCUT2D eigenvalue weighted by Crippen LogP contribution is -3.00. The number of aryl methyl sites for hydroxylation is 1. The Morgan fingerprint density at radius 1 is 1.00 bits per heavy atom. The van der Waals surface area contributed by atoms with Crippen molar-refractivity contribution in [1.82, 2.24) is 0 Å². The second-order valence-corrected chi connectivity index (χ2v) is 6.82. The van der Waals surface area contributed by atoms with Gasteiger partial charge in [-0.25, -0.2) is 0 Å². The van der Waals surface area contributed by atoms with Crippen LogP contribution in [0.2, 0.25) is 0 Å². The highest BCUT2D eigenvalue weighted by Crippen LogP contribution is 2.40. The van der Waals surface area contributed by atoms with E-state index in [1.54, 1.807) is 17.5 Å². The van der Waals surface area contributed by atoms with E-state index in [0.717, 1.165) is 11.3 Å². The van der Waals surface area contributed by atoms with Crippen LogP contribution < -0.4 is 17.1 Å². The van der Waals surface area contributed by atoms with Gasteiger partial charge in [0.25, 0.3) is 4.88 Å². The van der Waals surface area contributed by atoms with Gasteiger partial charge in [0.05, 0.1) is 7.11 Å². The van der Waals surface area contributed by atoms with Gasteiger partial charge in [-0.2, -0.15) is 0 Å². The Hall–Kier alpha value is -1.42. The fraction of sp³-hybridized carbons (Fsp3) is 0.118. The number of para-hydroxylation sites is 1. The van der Waals surface area contributed by atoms with Crippen LogP contribution in [0.3, 0.4) is 0 Å². The fourth-order valence-electron chi connectivity index (χ4n) is 2.08. The van der Waals surface area contributed by atoms with E-state index in [9.17, 15) is 0 Å². The molecule has 108 valence electrons. The van der Waals surface area contributed by atoms with E-state index in [0.29, 0.717) is 0 Å². The minimum Gasteiger partial charge on any atom is -1.00 e. The van der Waals surface area contributed by atoms with Crippen molar-refractivity contribution in [3.05, 3.63) is 60.2 Å². The molecule has 0 bridgehead atoms. The van der Waals surface area contributed by atoms with Gasteiger partial charge in [0.15, 0.2) is 10.3 Å². The van der Waals surface area contributed by atoms with Gasteiger partial charge in [-0.1, -0.05) is 29.8 Å². The molecular weight excluding hydrogens is 320 g/mol. The minimum absolute atomic E-state index is 0. The van der Waals surface area contributed by atoms with Crippen molar-refractivity contribution in [3.63, 3.8) is 0 Å². The predicted octanol–water partition coefficient (Wildman–Crippen LogP) is 2.75. The summed E-state index contributed by atoms with van der Waals surface area (Å²) in [5.74, 6) is 0.928. The average Bonchev–Trinajstić information content (AvgIpc) is 2.97. The molecule has 0 amide bonds. The van der Waals surface area contributed by atoms with Crippen molar-refractivity contribution < 1.29 is 17.1 Å². The SMILES string of the molecule is COc1ccccc1-c1cc(-c2ccc(C)cc2)[s+]s1.[Cl-]. The minimum atomic E-state index is 0. The van der Waals surface area contributed by atoms with Crippen molar-refractivity contribution in [1.29, 1.82) is 0 Å². The van der Waals surface area contributed by atoms with Gasteiger partial charge in [0.2, 0.25) is 0 Å². The van der Waals surface area contributed by atoms with E-state index in [4.69, 9.17) is 4.74 Å². The van der Waals surface area contributed by atoms with Crippen LogP contribution in [0.15, 0.2) is 54.6 Å². The maximum atomic E-state index is 5.44. The smallest absolute Gasteiger partial charge is 0.301 e. The Morgan fingerprint density at radius 2 is 1.71 bits per heavy atom. The maximum absolute atomic E-state index is 5.44. The number of halogens is 1. The van der Waals surface area contributed by atoms with E-state index in [1.807, 2.05) is 28.5 Å². The predicted molar refractivity (Wildman–Crippen MR) is 88.8 cm³/mol. The van der Waals surface area contributed by atoms with Crippen molar-refractivity contribution in [2.75, 3.05) is 7.11 Å². The Balaban J connectivity index is 0.00000161. The summed E-state index contributed by atoms with van der Waals surface area (Å²) >= 11 is 0. The summed E-state index contributed by atoms with van der Waals surface area (Å²) in [5, 5.41) is 0. The molecule has 3 aromatic rings. The Bertz CT molecular complexity index is 720. The van der Waals surface area contributed by atoms with E-state index in [1.165, 1.54) is 20.9 Å². The highest BCUT2D eigenvalue weighted by atomic mass is 35.5. The third-order valence-electron chi connectivity index (χ3n) is 3.19. The number of benzene rings is 2. The molecule has 1 heterocycles. The average molecular weight is 335 g/mol. The normalized spacial score (nSPS) is 10.0. The molecular formula is C17H15ClOS2. The van der Waals surface area contributed by atoms with E-state index < -0.39 is 0 Å². The number of rotatable bonds is 3. The first kappa shape index (κ1) is 16.0. The van der Waals surface area contributed by atoms with E-state index >= 15 is 0 Å². The third kappa shape index (κ3) is 3.43. The van der Waals surface area contributed by atoms with Gasteiger partial charge in [-0.15, -0.1) is 0 Å². The molecule has 3 rings (SSSR count). The lowest BCUT2D eigenvalue weighted by atomic mass is 10.1. The fourth-order valence-corrected chi connectivity index (χ4v) is 4.54. The lowest BCUT2D eigenvalue weighted by molar-refractivity contribution is -0.00000409. The van der Waals surface area contributed by atoms with Crippen molar-refractivity contribution in [2.45, 2.75) is 6.92 Å². The van der Waals surface area contributed by atoms with Crippen molar-refractivity contribution in [3.8, 4) is 26.6 Å². The summed E-state index contributed by atoms with van der Waals surface area (Å²) in [4.78, 5) is 2.55. The van der Waals surface area contributed by atoms with E-state index in [2.05, 4.69) is 43.3 Å². The van der Waals surface area contributed by atoms with Gasteiger partial charge in [0, 0.05) is 17.2 Å². The number of hydrogen-bond acceptors (Lipinski definition) is 2. The molecule has 0 radical (unpaired) electrons. The summed E-state index contributed by atoms with van der Waals surface area (Å²) in [6, 6.07) is 19.1. The van der Waals surface area contributed by atoms with Crippen LogP contribution in [0.25, 0.3) is 20.9 Å². The van der Waals surface area contributed by atoms with Crippen LogP contribution in [0.4, 0.5) is 0 Å². The van der Waals surface area contributed by atoms with Crippen LogP contribution >= 0.6 is 20.7 Å². The number of methoxy groups -OCH3 is 1. The molecule has 4 heteroatoms. The van der Waals surface area contributed by atoms with Crippen LogP contribution in [-0.4, -0.2) is 7.11 Å². The molecule has 21 heavy (non-hydrogen) atoms. The molecule has 0 spiro atoms. The molecule has 0 saturated heterocycles. The molecule has 0 N–H and O–H groups in total. The molecule has 0 unspecified atom stereocenters. The molecule has 1 aromatic heterocycles. The quantitative estimate of drug-likeness (QED) is 0.528. The maximum Gasteiger partial charge on any atom is 0.301 e. The largest absolute Gasteiger partial charge is 1.00 e. The molecule has 2 aromatic carbocycles. The summed E-state index contributed by atoms with van der Waals surface area (Å²) in [6.45, 7) is 2.11. The van der Waals surface area contributed by atoms with Gasteiger partial charge in [-0.3, -0.25) is 0 Å². The standard InChI is InChI=1S/C17H15OS2.ClH/c1-12-7-9-13(10-8-12)16-11-17(20-19-16)14-5-3-4-6-15(14)18-2;/h3-11H,1-2H3;1H/q+1;/p-1. The second-order valence-electron chi connectivity index (χ2n) is 4.61. The van der Waals surface area contributed by atoms with Crippen LogP contribution in [0, 0.1) is 6.92 Å². The summed E-state index contributed by atoms with van der Waals surface area (Å²) < 4.78 is 5.44. The van der Waals surface area contributed by atoms with Gasteiger partial charge >= 0.3 is 10.3 Å². The Labute approximate surface area is 138 Å². The second kappa shape index (κ2) is 7.03. The Kier molecular flexibility index (Phi) is 5.34. The molecule has 0 aliphatic heterocycles. The topological polar surface area (TPSA) is 9.23 Å². The van der Waals surface area contributed by atoms with Crippen LogP contribution in [0.5, 0.6) is 5.75 Å². The first-order valence-corrected chi connectivity index (χ1v) is 8.56. The zero-order valence-electron chi connectivity index (χ0n) is 11.8. The number of ether oxygens (including phenoxy) is 1. The Morgan fingerprint density at radius 3 is 2.43 bits per heavy atom. The highest BCUT2D eigenvalue weighted by molar-refractivity contribution is 7.72. The molecule has 0 aliphatic carbocycles.